The van der Waals surface area contributed by atoms with E-state index in [1.165, 1.54) is 5.56 Å². The van der Waals surface area contributed by atoms with Gasteiger partial charge < -0.3 is 9.47 Å². The maximum atomic E-state index is 12.3. The second-order valence-corrected chi connectivity index (χ2v) is 4.56. The van der Waals surface area contributed by atoms with Crippen molar-refractivity contribution in [3.05, 3.63) is 54.1 Å². The average Bonchev–Trinajstić information content (AvgIpc) is 2.87. The van der Waals surface area contributed by atoms with E-state index in [2.05, 4.69) is 4.98 Å². The van der Waals surface area contributed by atoms with Gasteiger partial charge in [-0.2, -0.15) is 0 Å². The van der Waals surface area contributed by atoms with Gasteiger partial charge in [0.1, 0.15) is 0 Å². The number of aromatic nitrogens is 2. The molecule has 0 saturated heterocycles. The summed E-state index contributed by atoms with van der Waals surface area (Å²) in [5.41, 5.74) is 1.95. The maximum Gasteiger partial charge on any atom is 0.255 e. The second kappa shape index (κ2) is 6.18. The summed E-state index contributed by atoms with van der Waals surface area (Å²) >= 11 is 0. The lowest BCUT2D eigenvalue weighted by Gasteiger charge is -2.20. The van der Waals surface area contributed by atoms with Crippen LogP contribution in [0.2, 0.25) is 0 Å². The summed E-state index contributed by atoms with van der Waals surface area (Å²) in [5.74, 6) is 0.0946. The van der Waals surface area contributed by atoms with Gasteiger partial charge >= 0.3 is 0 Å². The number of hydrogen-bond acceptors (Lipinski definition) is 2. The van der Waals surface area contributed by atoms with Gasteiger partial charge in [0, 0.05) is 44.9 Å². The molecule has 0 bridgehead atoms. The van der Waals surface area contributed by atoms with Gasteiger partial charge in [-0.1, -0.05) is 0 Å². The molecule has 0 fully saturated rings. The topological polar surface area (TPSA) is 38.1 Å². The van der Waals surface area contributed by atoms with Gasteiger partial charge in [-0.25, -0.2) is 0 Å². The fourth-order valence-corrected chi connectivity index (χ4v) is 2.03. The van der Waals surface area contributed by atoms with Crippen LogP contribution in [0.25, 0.3) is 0 Å². The number of aryl methyl sites for hydroxylation is 1. The van der Waals surface area contributed by atoms with Crippen LogP contribution >= 0.6 is 0 Å². The van der Waals surface area contributed by atoms with Crippen LogP contribution < -0.4 is 0 Å². The van der Waals surface area contributed by atoms with Crippen LogP contribution in [0.1, 0.15) is 22.8 Å². The Morgan fingerprint density at radius 2 is 2.05 bits per heavy atom. The van der Waals surface area contributed by atoms with E-state index in [0.717, 1.165) is 25.1 Å². The minimum Gasteiger partial charge on any atom is -0.356 e. The molecule has 0 radical (unpaired) electrons. The Kier molecular flexibility index (Phi) is 4.34. The Balaban J connectivity index is 1.98. The Hall–Kier alpha value is -2.10. The average molecular weight is 257 g/mol. The molecule has 0 N–H and O–H groups in total. The maximum absolute atomic E-state index is 12.3. The smallest absolute Gasteiger partial charge is 0.255 e. The minimum absolute atomic E-state index is 0.0946. The lowest BCUT2D eigenvalue weighted by Crippen LogP contribution is -2.32. The highest BCUT2D eigenvalue weighted by Crippen LogP contribution is 2.07. The fourth-order valence-electron chi connectivity index (χ4n) is 2.03. The zero-order valence-electron chi connectivity index (χ0n) is 11.4. The van der Waals surface area contributed by atoms with E-state index in [4.69, 9.17) is 0 Å². The van der Waals surface area contributed by atoms with Gasteiger partial charge in [0.25, 0.3) is 5.91 Å². The van der Waals surface area contributed by atoms with E-state index >= 15 is 0 Å². The van der Waals surface area contributed by atoms with Crippen molar-refractivity contribution in [2.45, 2.75) is 13.3 Å². The summed E-state index contributed by atoms with van der Waals surface area (Å²) in [5, 5.41) is 0. The number of likely N-dealkylation sites (N-methyl/N-ethyl adjacent to an activating group) is 1. The molecule has 0 unspecified atom stereocenters. The molecule has 0 saturated carbocycles. The normalized spacial score (nSPS) is 10.4. The van der Waals surface area contributed by atoms with Crippen molar-refractivity contribution in [2.24, 2.45) is 7.05 Å². The number of pyridine rings is 1. The standard InChI is InChI=1S/C15H19N3O/c1-3-18(11-6-13-4-8-16-9-5-13)15(19)14-7-10-17(2)12-14/h4-5,7-10,12H,3,6,11H2,1-2H3. The summed E-state index contributed by atoms with van der Waals surface area (Å²) in [7, 11) is 1.92. The first kappa shape index (κ1) is 13.3. The van der Waals surface area contributed by atoms with E-state index in [-0.39, 0.29) is 5.91 Å². The van der Waals surface area contributed by atoms with E-state index in [1.54, 1.807) is 12.4 Å². The molecule has 0 aliphatic heterocycles. The van der Waals surface area contributed by atoms with E-state index in [0.29, 0.717) is 0 Å². The quantitative estimate of drug-likeness (QED) is 0.823. The molecule has 4 nitrogen and oxygen atoms in total. The van der Waals surface area contributed by atoms with Crippen LogP contribution in [0.4, 0.5) is 0 Å². The molecular weight excluding hydrogens is 238 g/mol. The summed E-state index contributed by atoms with van der Waals surface area (Å²) in [6.07, 6.45) is 8.17. The number of carbonyl (C=O) groups is 1. The number of amides is 1. The van der Waals surface area contributed by atoms with Crippen molar-refractivity contribution in [3.8, 4) is 0 Å². The van der Waals surface area contributed by atoms with Gasteiger partial charge in [0.05, 0.1) is 5.56 Å². The predicted molar refractivity (Wildman–Crippen MR) is 74.9 cm³/mol. The molecular formula is C15H19N3O. The van der Waals surface area contributed by atoms with Crippen LogP contribution in [0.3, 0.4) is 0 Å². The molecule has 0 atom stereocenters. The Morgan fingerprint density at radius 3 is 2.63 bits per heavy atom. The number of carbonyl (C=O) groups excluding carboxylic acids is 1. The zero-order valence-corrected chi connectivity index (χ0v) is 11.4. The largest absolute Gasteiger partial charge is 0.356 e. The number of hydrogen-bond donors (Lipinski definition) is 0. The molecule has 100 valence electrons. The molecule has 2 aromatic heterocycles. The molecule has 0 aliphatic rings. The summed E-state index contributed by atoms with van der Waals surface area (Å²) in [6, 6.07) is 5.83. The second-order valence-electron chi connectivity index (χ2n) is 4.56. The molecule has 2 rings (SSSR count). The van der Waals surface area contributed by atoms with Crippen LogP contribution in [0.15, 0.2) is 43.0 Å². The first-order valence-electron chi connectivity index (χ1n) is 6.51. The third-order valence-corrected chi connectivity index (χ3v) is 3.17. The highest BCUT2D eigenvalue weighted by Gasteiger charge is 2.14. The van der Waals surface area contributed by atoms with Gasteiger partial charge in [-0.15, -0.1) is 0 Å². The molecule has 2 heterocycles. The Labute approximate surface area is 113 Å². The molecule has 1 amide bonds. The first-order valence-corrected chi connectivity index (χ1v) is 6.51. The molecule has 0 spiro atoms. The van der Waals surface area contributed by atoms with Crippen molar-refractivity contribution >= 4 is 5.91 Å². The highest BCUT2D eigenvalue weighted by atomic mass is 16.2. The summed E-state index contributed by atoms with van der Waals surface area (Å²) in [6.45, 7) is 3.46. The molecule has 2 aromatic rings. The van der Waals surface area contributed by atoms with Crippen molar-refractivity contribution in [1.82, 2.24) is 14.5 Å². The summed E-state index contributed by atoms with van der Waals surface area (Å²) < 4.78 is 1.89. The van der Waals surface area contributed by atoms with E-state index < -0.39 is 0 Å². The number of nitrogens with zero attached hydrogens (tertiary/aromatic N) is 3. The van der Waals surface area contributed by atoms with Gasteiger partial charge in [0.2, 0.25) is 0 Å². The van der Waals surface area contributed by atoms with Crippen molar-refractivity contribution in [1.29, 1.82) is 0 Å². The van der Waals surface area contributed by atoms with Crippen molar-refractivity contribution in [3.63, 3.8) is 0 Å². The van der Waals surface area contributed by atoms with Crippen LogP contribution in [0.5, 0.6) is 0 Å². The number of rotatable bonds is 5. The van der Waals surface area contributed by atoms with Crippen LogP contribution in [-0.4, -0.2) is 33.4 Å². The van der Waals surface area contributed by atoms with E-state index in [9.17, 15) is 4.79 Å². The Bertz CT molecular complexity index is 533. The lowest BCUT2D eigenvalue weighted by atomic mass is 10.2. The van der Waals surface area contributed by atoms with Crippen LogP contribution in [-0.2, 0) is 13.5 Å². The highest BCUT2D eigenvalue weighted by molar-refractivity contribution is 5.94. The minimum atomic E-state index is 0.0946. The van der Waals surface area contributed by atoms with Gasteiger partial charge in [-0.3, -0.25) is 9.78 Å². The lowest BCUT2D eigenvalue weighted by molar-refractivity contribution is 0.0766. The third kappa shape index (κ3) is 3.44. The molecule has 0 aliphatic carbocycles. The van der Waals surface area contributed by atoms with Gasteiger partial charge in [0.15, 0.2) is 0 Å². The van der Waals surface area contributed by atoms with Crippen molar-refractivity contribution < 1.29 is 4.79 Å². The molecule has 19 heavy (non-hydrogen) atoms. The van der Waals surface area contributed by atoms with Crippen molar-refractivity contribution in [2.75, 3.05) is 13.1 Å². The molecule has 0 aromatic carbocycles. The fraction of sp³-hybridized carbons (Fsp3) is 0.333. The zero-order chi connectivity index (χ0) is 13.7. The Morgan fingerprint density at radius 1 is 1.32 bits per heavy atom. The van der Waals surface area contributed by atoms with Gasteiger partial charge in [-0.05, 0) is 37.1 Å². The van der Waals surface area contributed by atoms with E-state index in [1.807, 2.05) is 54.0 Å². The molecule has 4 heteroatoms. The third-order valence-electron chi connectivity index (χ3n) is 3.17. The monoisotopic (exact) mass is 257 g/mol. The SMILES string of the molecule is CCN(CCc1ccncc1)C(=O)c1ccn(C)c1. The summed E-state index contributed by atoms with van der Waals surface area (Å²) in [4.78, 5) is 18.2. The predicted octanol–water partition coefficient (Wildman–Crippen LogP) is 2.12. The van der Waals surface area contributed by atoms with Crippen LogP contribution in [0, 0.1) is 0 Å². The first-order chi connectivity index (χ1) is 9.20.